The number of carbonyl (C=O) groups excluding carboxylic acids is 1. The SMILES string of the molecule is CC(CN(C)C)C(/C=C/c1ccc(Cl)cc1)=N\NC(=O)c1ccccc1. The first kappa shape index (κ1) is 19.9. The van der Waals surface area contributed by atoms with Crippen LogP contribution in [-0.4, -0.2) is 37.2 Å². The molecule has 0 aliphatic heterocycles. The second kappa shape index (κ2) is 9.90. The van der Waals surface area contributed by atoms with Crippen molar-refractivity contribution in [2.75, 3.05) is 20.6 Å². The van der Waals surface area contributed by atoms with Crippen LogP contribution in [0.4, 0.5) is 0 Å². The lowest BCUT2D eigenvalue weighted by molar-refractivity contribution is 0.0954. The maximum Gasteiger partial charge on any atom is 0.271 e. The molecule has 2 aromatic carbocycles. The Kier molecular flexibility index (Phi) is 7.57. The van der Waals surface area contributed by atoms with Gasteiger partial charge in [0.1, 0.15) is 0 Å². The maximum atomic E-state index is 12.2. The van der Waals surface area contributed by atoms with Gasteiger partial charge >= 0.3 is 0 Å². The zero-order valence-electron chi connectivity index (χ0n) is 15.3. The molecule has 4 nitrogen and oxygen atoms in total. The molecule has 1 N–H and O–H groups in total. The largest absolute Gasteiger partial charge is 0.309 e. The van der Waals surface area contributed by atoms with Crippen LogP contribution in [0.3, 0.4) is 0 Å². The normalized spacial score (nSPS) is 13.2. The quantitative estimate of drug-likeness (QED) is 0.583. The van der Waals surface area contributed by atoms with Gasteiger partial charge in [-0.2, -0.15) is 5.10 Å². The number of carbonyl (C=O) groups is 1. The third-order valence-electron chi connectivity index (χ3n) is 3.78. The average molecular weight is 370 g/mol. The molecule has 0 spiro atoms. The fourth-order valence-corrected chi connectivity index (χ4v) is 2.60. The van der Waals surface area contributed by atoms with Gasteiger partial charge in [-0.3, -0.25) is 4.79 Å². The summed E-state index contributed by atoms with van der Waals surface area (Å²) in [6.45, 7) is 2.91. The van der Waals surface area contributed by atoms with Crippen LogP contribution in [-0.2, 0) is 0 Å². The highest BCUT2D eigenvalue weighted by molar-refractivity contribution is 6.30. The minimum atomic E-state index is -0.222. The number of benzene rings is 2. The molecule has 26 heavy (non-hydrogen) atoms. The number of nitrogens with zero attached hydrogens (tertiary/aromatic N) is 2. The maximum absolute atomic E-state index is 12.2. The summed E-state index contributed by atoms with van der Waals surface area (Å²) in [5.74, 6) is -0.0651. The number of hydrogen-bond acceptors (Lipinski definition) is 3. The predicted octanol–water partition coefficient (Wildman–Crippen LogP) is 4.34. The van der Waals surface area contributed by atoms with Crippen molar-refractivity contribution >= 4 is 29.3 Å². The van der Waals surface area contributed by atoms with Gasteiger partial charge < -0.3 is 4.90 Å². The minimum absolute atomic E-state index is 0.157. The number of hydrogen-bond donors (Lipinski definition) is 1. The van der Waals surface area contributed by atoms with Crippen LogP contribution < -0.4 is 5.43 Å². The van der Waals surface area contributed by atoms with Crippen LogP contribution in [0.25, 0.3) is 6.08 Å². The molecule has 136 valence electrons. The summed E-state index contributed by atoms with van der Waals surface area (Å²) in [5.41, 5.74) is 5.06. The average Bonchev–Trinajstić information content (AvgIpc) is 2.63. The lowest BCUT2D eigenvalue weighted by Gasteiger charge is -2.17. The van der Waals surface area contributed by atoms with Gasteiger partial charge in [-0.15, -0.1) is 0 Å². The number of halogens is 1. The van der Waals surface area contributed by atoms with Gasteiger partial charge in [0.25, 0.3) is 5.91 Å². The lowest BCUT2D eigenvalue weighted by atomic mass is 10.0. The van der Waals surface area contributed by atoms with Gasteiger partial charge in [-0.05, 0) is 50.0 Å². The molecule has 2 rings (SSSR count). The van der Waals surface area contributed by atoms with Crippen molar-refractivity contribution in [2.45, 2.75) is 6.92 Å². The highest BCUT2D eigenvalue weighted by Gasteiger charge is 2.11. The highest BCUT2D eigenvalue weighted by atomic mass is 35.5. The van der Waals surface area contributed by atoms with Gasteiger partial charge in [-0.25, -0.2) is 5.43 Å². The van der Waals surface area contributed by atoms with Gasteiger partial charge in [0, 0.05) is 23.0 Å². The van der Waals surface area contributed by atoms with E-state index in [9.17, 15) is 4.79 Å². The van der Waals surface area contributed by atoms with Crippen LogP contribution in [0.15, 0.2) is 65.8 Å². The van der Waals surface area contributed by atoms with Crippen molar-refractivity contribution in [2.24, 2.45) is 11.0 Å². The first-order chi connectivity index (χ1) is 12.5. The van der Waals surface area contributed by atoms with E-state index in [-0.39, 0.29) is 11.8 Å². The predicted molar refractivity (Wildman–Crippen MR) is 110 cm³/mol. The molecular weight excluding hydrogens is 346 g/mol. The van der Waals surface area contributed by atoms with Crippen molar-refractivity contribution in [3.63, 3.8) is 0 Å². The monoisotopic (exact) mass is 369 g/mol. The van der Waals surface area contributed by atoms with Crippen molar-refractivity contribution in [1.29, 1.82) is 0 Å². The first-order valence-corrected chi connectivity index (χ1v) is 8.85. The van der Waals surface area contributed by atoms with E-state index in [1.807, 2.05) is 68.7 Å². The molecule has 0 saturated carbocycles. The summed E-state index contributed by atoms with van der Waals surface area (Å²) >= 11 is 5.92. The molecule has 0 saturated heterocycles. The molecule has 1 unspecified atom stereocenters. The number of nitrogens with one attached hydrogen (secondary N) is 1. The zero-order chi connectivity index (χ0) is 18.9. The molecule has 0 aliphatic rings. The van der Waals surface area contributed by atoms with Crippen LogP contribution >= 0.6 is 11.6 Å². The van der Waals surface area contributed by atoms with Gasteiger partial charge in [0.2, 0.25) is 0 Å². The lowest BCUT2D eigenvalue weighted by Crippen LogP contribution is -2.27. The van der Waals surface area contributed by atoms with Crippen LogP contribution in [0.2, 0.25) is 5.02 Å². The molecule has 1 atom stereocenters. The molecule has 0 aliphatic carbocycles. The van der Waals surface area contributed by atoms with E-state index in [0.29, 0.717) is 10.6 Å². The van der Waals surface area contributed by atoms with Crippen LogP contribution in [0.5, 0.6) is 0 Å². The zero-order valence-corrected chi connectivity index (χ0v) is 16.1. The van der Waals surface area contributed by atoms with E-state index in [0.717, 1.165) is 17.8 Å². The van der Waals surface area contributed by atoms with Gasteiger partial charge in [0.05, 0.1) is 5.71 Å². The Labute approximate surface area is 160 Å². The van der Waals surface area contributed by atoms with Crippen molar-refractivity contribution in [1.82, 2.24) is 10.3 Å². The van der Waals surface area contributed by atoms with Gasteiger partial charge in [-0.1, -0.05) is 54.9 Å². The fraction of sp³-hybridized carbons (Fsp3) is 0.238. The summed E-state index contributed by atoms with van der Waals surface area (Å²) in [4.78, 5) is 14.3. The minimum Gasteiger partial charge on any atom is -0.309 e. The second-order valence-electron chi connectivity index (χ2n) is 6.39. The summed E-state index contributed by atoms with van der Waals surface area (Å²) in [6, 6.07) is 16.6. The summed E-state index contributed by atoms with van der Waals surface area (Å²) in [6.07, 6.45) is 3.90. The Morgan fingerprint density at radius 2 is 1.81 bits per heavy atom. The molecule has 1 amide bonds. The molecule has 0 aromatic heterocycles. The third-order valence-corrected chi connectivity index (χ3v) is 4.03. The number of amides is 1. The Morgan fingerprint density at radius 1 is 1.15 bits per heavy atom. The Balaban J connectivity index is 2.16. The summed E-state index contributed by atoms with van der Waals surface area (Å²) in [7, 11) is 4.03. The third kappa shape index (κ3) is 6.47. The summed E-state index contributed by atoms with van der Waals surface area (Å²) in [5, 5.41) is 5.06. The number of allylic oxidation sites excluding steroid dienone is 1. The molecule has 0 bridgehead atoms. The second-order valence-corrected chi connectivity index (χ2v) is 6.83. The molecule has 0 radical (unpaired) electrons. The highest BCUT2D eigenvalue weighted by Crippen LogP contribution is 2.12. The number of rotatable bonds is 7. The molecule has 0 heterocycles. The van der Waals surface area contributed by atoms with E-state index in [2.05, 4.69) is 22.4 Å². The van der Waals surface area contributed by atoms with E-state index in [4.69, 9.17) is 11.6 Å². The smallest absolute Gasteiger partial charge is 0.271 e. The topological polar surface area (TPSA) is 44.7 Å². The van der Waals surface area contributed by atoms with E-state index < -0.39 is 0 Å². The van der Waals surface area contributed by atoms with Crippen LogP contribution in [0, 0.1) is 5.92 Å². The van der Waals surface area contributed by atoms with E-state index >= 15 is 0 Å². The summed E-state index contributed by atoms with van der Waals surface area (Å²) < 4.78 is 0. The Bertz CT molecular complexity index is 768. The van der Waals surface area contributed by atoms with E-state index in [1.165, 1.54) is 0 Å². The fourth-order valence-electron chi connectivity index (χ4n) is 2.48. The standard InChI is InChI=1S/C21H24ClN3O/c1-16(15-25(2)3)20(14-11-17-9-12-19(22)13-10-17)23-24-21(26)18-7-5-4-6-8-18/h4-14,16H,15H2,1-3H3,(H,24,26)/b14-11+,23-20-. The van der Waals surface area contributed by atoms with Crippen LogP contribution in [0.1, 0.15) is 22.8 Å². The molecule has 0 fully saturated rings. The molecular formula is C21H24ClN3O. The van der Waals surface area contributed by atoms with Crippen molar-refractivity contribution in [3.8, 4) is 0 Å². The number of hydrazone groups is 1. The van der Waals surface area contributed by atoms with E-state index in [1.54, 1.807) is 12.1 Å². The Morgan fingerprint density at radius 3 is 2.42 bits per heavy atom. The first-order valence-electron chi connectivity index (χ1n) is 8.47. The van der Waals surface area contributed by atoms with Crippen molar-refractivity contribution < 1.29 is 4.79 Å². The van der Waals surface area contributed by atoms with Gasteiger partial charge in [0.15, 0.2) is 0 Å². The molecule has 5 heteroatoms. The molecule has 2 aromatic rings. The Hall–Kier alpha value is -2.43. The van der Waals surface area contributed by atoms with Crippen molar-refractivity contribution in [3.05, 3.63) is 76.8 Å².